The molecular weight excluding hydrogens is 266 g/mol. The molecule has 2 aliphatic rings. The van der Waals surface area contributed by atoms with Crippen molar-refractivity contribution in [2.24, 2.45) is 5.41 Å². The second-order valence-corrected chi connectivity index (χ2v) is 6.86. The van der Waals surface area contributed by atoms with Gasteiger partial charge in [-0.1, -0.05) is 0 Å². The maximum Gasteiger partial charge on any atom is 0.406 e. The van der Waals surface area contributed by atoms with Gasteiger partial charge in [0.25, 0.3) is 0 Å². The first-order chi connectivity index (χ1) is 10.0. The fourth-order valence-electron chi connectivity index (χ4n) is 3.61. The molecule has 2 rings (SSSR count). The first-order valence-electron chi connectivity index (χ1n) is 8.36. The molecule has 0 aromatic rings. The fourth-order valence-corrected chi connectivity index (χ4v) is 3.61. The molecule has 5 heteroatoms. The minimum atomic E-state index is -0.329. The Bertz CT molecular complexity index is 328. The van der Waals surface area contributed by atoms with E-state index in [4.69, 9.17) is 4.74 Å². The van der Waals surface area contributed by atoms with Crippen LogP contribution in [0.25, 0.3) is 0 Å². The summed E-state index contributed by atoms with van der Waals surface area (Å²) in [7, 11) is 1.59. The average Bonchev–Trinajstić information content (AvgIpc) is 2.50. The highest BCUT2D eigenvalue weighted by Crippen LogP contribution is 2.41. The third-order valence-corrected chi connectivity index (χ3v) is 5.35. The molecule has 0 saturated carbocycles. The number of carbonyl (C=O) groups is 1. The lowest BCUT2D eigenvalue weighted by molar-refractivity contribution is 0.0197. The molecule has 5 nitrogen and oxygen atoms in total. The number of carbonyl (C=O) groups excluding carboxylic acids is 1. The highest BCUT2D eigenvalue weighted by Gasteiger charge is 2.37. The quantitative estimate of drug-likeness (QED) is 0.861. The standard InChI is InChI=1S/C16H31N3O2/c1-14(2)19-10-6-16(7-11-19)4-8-18(9-5-16)12-13-21-15(20)17-3/h14H,4-13H2,1-3H3,(H,17,20). The topological polar surface area (TPSA) is 44.8 Å². The van der Waals surface area contributed by atoms with Crippen molar-refractivity contribution in [2.45, 2.75) is 45.6 Å². The van der Waals surface area contributed by atoms with Crippen LogP contribution in [-0.4, -0.2) is 68.3 Å². The van der Waals surface area contributed by atoms with Crippen LogP contribution in [0.5, 0.6) is 0 Å². The average molecular weight is 297 g/mol. The van der Waals surface area contributed by atoms with E-state index in [0.29, 0.717) is 18.1 Å². The number of ether oxygens (including phenoxy) is 1. The van der Waals surface area contributed by atoms with Crippen LogP contribution in [0.15, 0.2) is 0 Å². The van der Waals surface area contributed by atoms with E-state index in [9.17, 15) is 4.79 Å². The lowest BCUT2D eigenvalue weighted by atomic mass is 9.71. The molecule has 0 bridgehead atoms. The molecule has 2 heterocycles. The molecule has 2 aliphatic heterocycles. The van der Waals surface area contributed by atoms with E-state index in [1.54, 1.807) is 7.05 Å². The van der Waals surface area contributed by atoms with Crippen molar-refractivity contribution in [2.75, 3.05) is 46.4 Å². The van der Waals surface area contributed by atoms with Crippen molar-refractivity contribution < 1.29 is 9.53 Å². The maximum atomic E-state index is 11.0. The monoisotopic (exact) mass is 297 g/mol. The second kappa shape index (κ2) is 7.45. The zero-order valence-electron chi connectivity index (χ0n) is 13.9. The first kappa shape index (κ1) is 16.6. The normalized spacial score (nSPS) is 23.4. The lowest BCUT2D eigenvalue weighted by Gasteiger charge is -2.47. The number of nitrogens with zero attached hydrogens (tertiary/aromatic N) is 2. The number of amides is 1. The summed E-state index contributed by atoms with van der Waals surface area (Å²) in [6.07, 6.45) is 4.99. The summed E-state index contributed by atoms with van der Waals surface area (Å²) in [6.45, 7) is 10.8. The third-order valence-electron chi connectivity index (χ3n) is 5.35. The fraction of sp³-hybridized carbons (Fsp3) is 0.938. The Hall–Kier alpha value is -0.810. The van der Waals surface area contributed by atoms with E-state index in [-0.39, 0.29) is 6.09 Å². The first-order valence-corrected chi connectivity index (χ1v) is 8.36. The number of likely N-dealkylation sites (tertiary alicyclic amines) is 2. The van der Waals surface area contributed by atoms with Gasteiger partial charge >= 0.3 is 6.09 Å². The van der Waals surface area contributed by atoms with Gasteiger partial charge in [0.2, 0.25) is 0 Å². The number of rotatable bonds is 4. The number of hydrogen-bond acceptors (Lipinski definition) is 4. The number of alkyl carbamates (subject to hydrolysis) is 1. The molecule has 0 aliphatic carbocycles. The smallest absolute Gasteiger partial charge is 0.406 e. The van der Waals surface area contributed by atoms with Crippen LogP contribution in [0.1, 0.15) is 39.5 Å². The van der Waals surface area contributed by atoms with Crippen molar-refractivity contribution in [3.05, 3.63) is 0 Å². The van der Waals surface area contributed by atoms with Crippen LogP contribution in [-0.2, 0) is 4.74 Å². The Morgan fingerprint density at radius 1 is 1.14 bits per heavy atom. The molecule has 2 fully saturated rings. The zero-order chi connectivity index (χ0) is 15.3. The zero-order valence-corrected chi connectivity index (χ0v) is 13.9. The van der Waals surface area contributed by atoms with E-state index in [0.717, 1.165) is 19.6 Å². The van der Waals surface area contributed by atoms with Crippen LogP contribution in [0.4, 0.5) is 4.79 Å². The maximum absolute atomic E-state index is 11.0. The van der Waals surface area contributed by atoms with Gasteiger partial charge in [0.15, 0.2) is 0 Å². The molecule has 21 heavy (non-hydrogen) atoms. The molecule has 0 aromatic carbocycles. The Morgan fingerprint density at radius 2 is 1.71 bits per heavy atom. The van der Waals surface area contributed by atoms with Crippen LogP contribution < -0.4 is 5.32 Å². The van der Waals surface area contributed by atoms with Gasteiger partial charge in [-0.2, -0.15) is 0 Å². The van der Waals surface area contributed by atoms with Gasteiger partial charge < -0.3 is 15.0 Å². The van der Waals surface area contributed by atoms with E-state index < -0.39 is 0 Å². The van der Waals surface area contributed by atoms with E-state index in [1.807, 2.05) is 0 Å². The summed E-state index contributed by atoms with van der Waals surface area (Å²) in [5, 5.41) is 2.48. The van der Waals surface area contributed by atoms with E-state index in [2.05, 4.69) is 29.0 Å². The highest BCUT2D eigenvalue weighted by atomic mass is 16.5. The van der Waals surface area contributed by atoms with Crippen molar-refractivity contribution in [1.82, 2.24) is 15.1 Å². The number of hydrogen-bond donors (Lipinski definition) is 1. The largest absolute Gasteiger partial charge is 0.448 e. The van der Waals surface area contributed by atoms with Crippen molar-refractivity contribution in [3.8, 4) is 0 Å². The van der Waals surface area contributed by atoms with E-state index in [1.165, 1.54) is 38.8 Å². The predicted octanol–water partition coefficient (Wildman–Crippen LogP) is 1.93. The van der Waals surface area contributed by atoms with Gasteiger partial charge in [0, 0.05) is 19.6 Å². The summed E-state index contributed by atoms with van der Waals surface area (Å²) in [5.41, 5.74) is 0.587. The van der Waals surface area contributed by atoms with Gasteiger partial charge in [0.1, 0.15) is 6.61 Å². The second-order valence-electron chi connectivity index (χ2n) is 6.86. The molecule has 1 N–H and O–H groups in total. The van der Waals surface area contributed by atoms with Crippen LogP contribution in [0.2, 0.25) is 0 Å². The van der Waals surface area contributed by atoms with Gasteiger partial charge in [-0.15, -0.1) is 0 Å². The molecule has 1 amide bonds. The van der Waals surface area contributed by atoms with E-state index >= 15 is 0 Å². The summed E-state index contributed by atoms with van der Waals surface area (Å²) < 4.78 is 5.07. The van der Waals surface area contributed by atoms with Crippen molar-refractivity contribution >= 4 is 6.09 Å². The van der Waals surface area contributed by atoms with Gasteiger partial charge in [-0.3, -0.25) is 4.90 Å². The summed E-state index contributed by atoms with van der Waals surface area (Å²) in [4.78, 5) is 16.1. The molecule has 0 atom stereocenters. The van der Waals surface area contributed by atoms with Gasteiger partial charge in [0.05, 0.1) is 0 Å². The number of piperidine rings is 2. The molecule has 1 spiro atoms. The summed E-state index contributed by atoms with van der Waals surface area (Å²) in [6, 6.07) is 0.685. The Labute approximate surface area is 129 Å². The minimum Gasteiger partial charge on any atom is -0.448 e. The highest BCUT2D eigenvalue weighted by molar-refractivity contribution is 5.66. The molecule has 122 valence electrons. The lowest BCUT2D eigenvalue weighted by Crippen LogP contribution is -2.48. The summed E-state index contributed by atoms with van der Waals surface area (Å²) in [5.74, 6) is 0. The number of nitrogens with one attached hydrogen (secondary N) is 1. The predicted molar refractivity (Wildman–Crippen MR) is 84.5 cm³/mol. The van der Waals surface area contributed by atoms with Crippen LogP contribution >= 0.6 is 0 Å². The summed E-state index contributed by atoms with van der Waals surface area (Å²) >= 11 is 0. The molecule has 0 radical (unpaired) electrons. The third kappa shape index (κ3) is 4.58. The van der Waals surface area contributed by atoms with Crippen molar-refractivity contribution in [3.63, 3.8) is 0 Å². The Balaban J connectivity index is 1.67. The molecular formula is C16H31N3O2. The molecule has 0 unspecified atom stereocenters. The van der Waals surface area contributed by atoms with Crippen LogP contribution in [0, 0.1) is 5.41 Å². The molecule has 0 aromatic heterocycles. The Morgan fingerprint density at radius 3 is 2.24 bits per heavy atom. The minimum absolute atomic E-state index is 0.329. The SMILES string of the molecule is CNC(=O)OCCN1CCC2(CC1)CCN(C(C)C)CC2. The van der Waals surface area contributed by atoms with Crippen LogP contribution in [0.3, 0.4) is 0 Å². The Kier molecular flexibility index (Phi) is 5.88. The van der Waals surface area contributed by atoms with Gasteiger partial charge in [-0.05, 0) is 71.1 Å². The van der Waals surface area contributed by atoms with Gasteiger partial charge in [-0.25, -0.2) is 4.79 Å². The van der Waals surface area contributed by atoms with Crippen molar-refractivity contribution in [1.29, 1.82) is 0 Å². The molecule has 2 saturated heterocycles.